The summed E-state index contributed by atoms with van der Waals surface area (Å²) in [5, 5.41) is 2.36. The minimum Gasteiger partial charge on any atom is -0.493 e. The number of aromatic amines is 1. The van der Waals surface area contributed by atoms with Crippen LogP contribution in [0.15, 0.2) is 30.3 Å². The summed E-state index contributed by atoms with van der Waals surface area (Å²) < 4.78 is 5.77. The number of nitrogens with two attached hydrogens (primary N) is 2. The molecule has 0 unspecified atom stereocenters. The molecule has 2 rings (SSSR count). The Bertz CT molecular complexity index is 709. The van der Waals surface area contributed by atoms with E-state index in [1.807, 2.05) is 24.3 Å². The van der Waals surface area contributed by atoms with Gasteiger partial charge in [0.1, 0.15) is 11.6 Å². The first-order valence-corrected chi connectivity index (χ1v) is 7.34. The highest BCUT2D eigenvalue weighted by atomic mass is 16.5. The van der Waals surface area contributed by atoms with Gasteiger partial charge in [-0.25, -0.2) is 4.79 Å². The molecule has 0 saturated heterocycles. The molecule has 0 radical (unpaired) electrons. The molecular formula is C16H20N4O3. The minimum absolute atomic E-state index is 0.155. The lowest BCUT2D eigenvalue weighted by Crippen LogP contribution is -2.22. The Balaban J connectivity index is 2.38. The molecular weight excluding hydrogens is 296 g/mol. The second-order valence-corrected chi connectivity index (χ2v) is 5.02. The van der Waals surface area contributed by atoms with Crippen molar-refractivity contribution >= 4 is 17.8 Å². The van der Waals surface area contributed by atoms with E-state index in [4.69, 9.17) is 16.2 Å². The SMILES string of the molecule is CCCCOc1ccccc1-c1cc(C(N)=O)c(NC(N)=O)[nH]1. The molecule has 122 valence electrons. The van der Waals surface area contributed by atoms with Crippen LogP contribution >= 0.6 is 0 Å². The van der Waals surface area contributed by atoms with Crippen molar-refractivity contribution in [1.82, 2.24) is 4.98 Å². The Morgan fingerprint density at radius 2 is 2.00 bits per heavy atom. The summed E-state index contributed by atoms with van der Waals surface area (Å²) in [5.74, 6) is 0.188. The number of anilines is 1. The van der Waals surface area contributed by atoms with Crippen LogP contribution in [0.25, 0.3) is 11.3 Å². The van der Waals surface area contributed by atoms with Crippen molar-refractivity contribution < 1.29 is 14.3 Å². The first kappa shape index (κ1) is 16.4. The number of hydrogen-bond acceptors (Lipinski definition) is 3. The van der Waals surface area contributed by atoms with Crippen LogP contribution in [-0.4, -0.2) is 23.5 Å². The average Bonchev–Trinajstić information content (AvgIpc) is 2.91. The second-order valence-electron chi connectivity index (χ2n) is 5.02. The standard InChI is InChI=1S/C16H20N4O3/c1-2-3-8-23-13-7-5-4-6-10(13)12-9-11(14(17)21)15(19-12)20-16(18)22/h4-7,9,19H,2-3,8H2,1H3,(H2,17,21)(H3,18,20,22). The van der Waals surface area contributed by atoms with Gasteiger partial charge in [-0.05, 0) is 24.6 Å². The minimum atomic E-state index is -0.784. The molecule has 6 N–H and O–H groups in total. The summed E-state index contributed by atoms with van der Waals surface area (Å²) in [7, 11) is 0. The van der Waals surface area contributed by atoms with Gasteiger partial charge < -0.3 is 21.2 Å². The van der Waals surface area contributed by atoms with Crippen molar-refractivity contribution in [3.05, 3.63) is 35.9 Å². The smallest absolute Gasteiger partial charge is 0.317 e. The molecule has 0 spiro atoms. The lowest BCUT2D eigenvalue weighted by molar-refractivity contribution is 0.100. The highest BCUT2D eigenvalue weighted by Gasteiger charge is 2.17. The quantitative estimate of drug-likeness (QED) is 0.586. The molecule has 23 heavy (non-hydrogen) atoms. The van der Waals surface area contributed by atoms with E-state index in [-0.39, 0.29) is 11.4 Å². The van der Waals surface area contributed by atoms with Crippen LogP contribution in [0, 0.1) is 0 Å². The number of hydrogen-bond donors (Lipinski definition) is 4. The Kier molecular flexibility index (Phi) is 5.24. The van der Waals surface area contributed by atoms with Crippen LogP contribution in [0.5, 0.6) is 5.75 Å². The Labute approximate surface area is 134 Å². The molecule has 1 aromatic heterocycles. The van der Waals surface area contributed by atoms with E-state index < -0.39 is 11.9 Å². The van der Waals surface area contributed by atoms with Gasteiger partial charge in [0.2, 0.25) is 0 Å². The van der Waals surface area contributed by atoms with E-state index in [1.165, 1.54) is 0 Å². The number of carbonyl (C=O) groups is 2. The average molecular weight is 316 g/mol. The molecule has 0 aliphatic rings. The number of urea groups is 1. The molecule has 2 aromatic rings. The number of para-hydroxylation sites is 1. The molecule has 3 amide bonds. The van der Waals surface area contributed by atoms with Gasteiger partial charge in [0.05, 0.1) is 17.9 Å². The van der Waals surface area contributed by atoms with Gasteiger partial charge in [-0.15, -0.1) is 0 Å². The predicted octanol–water partition coefficient (Wildman–Crippen LogP) is 2.45. The molecule has 0 saturated carbocycles. The third kappa shape index (κ3) is 4.03. The predicted molar refractivity (Wildman–Crippen MR) is 88.4 cm³/mol. The van der Waals surface area contributed by atoms with Gasteiger partial charge in [0.15, 0.2) is 0 Å². The lowest BCUT2D eigenvalue weighted by atomic mass is 10.1. The van der Waals surface area contributed by atoms with Crippen molar-refractivity contribution in [1.29, 1.82) is 0 Å². The summed E-state index contributed by atoms with van der Waals surface area (Å²) >= 11 is 0. The summed E-state index contributed by atoms with van der Waals surface area (Å²) in [4.78, 5) is 25.5. The van der Waals surface area contributed by atoms with E-state index >= 15 is 0 Å². The monoisotopic (exact) mass is 316 g/mol. The van der Waals surface area contributed by atoms with Crippen molar-refractivity contribution in [3.8, 4) is 17.0 Å². The zero-order valence-corrected chi connectivity index (χ0v) is 12.9. The van der Waals surface area contributed by atoms with Crippen LogP contribution in [-0.2, 0) is 0 Å². The zero-order valence-electron chi connectivity index (χ0n) is 12.9. The van der Waals surface area contributed by atoms with Gasteiger partial charge in [-0.3, -0.25) is 10.1 Å². The van der Waals surface area contributed by atoms with Crippen LogP contribution in [0.1, 0.15) is 30.1 Å². The fourth-order valence-electron chi connectivity index (χ4n) is 2.16. The largest absolute Gasteiger partial charge is 0.493 e. The number of primary amides is 2. The highest BCUT2D eigenvalue weighted by Crippen LogP contribution is 2.32. The fraction of sp³-hybridized carbons (Fsp3) is 0.250. The maximum absolute atomic E-state index is 11.5. The topological polar surface area (TPSA) is 123 Å². The molecule has 0 aliphatic carbocycles. The molecule has 1 heterocycles. The second kappa shape index (κ2) is 7.35. The summed E-state index contributed by atoms with van der Waals surface area (Å²) in [6.45, 7) is 2.68. The van der Waals surface area contributed by atoms with E-state index in [0.29, 0.717) is 18.1 Å². The molecule has 0 aliphatic heterocycles. The van der Waals surface area contributed by atoms with Gasteiger partial charge in [-0.2, -0.15) is 0 Å². The van der Waals surface area contributed by atoms with Crippen molar-refractivity contribution in [2.45, 2.75) is 19.8 Å². The number of H-pyrrole nitrogens is 1. The van der Waals surface area contributed by atoms with E-state index in [1.54, 1.807) is 6.07 Å². The maximum Gasteiger partial charge on any atom is 0.317 e. The Morgan fingerprint density at radius 1 is 1.26 bits per heavy atom. The highest BCUT2D eigenvalue weighted by molar-refractivity contribution is 6.03. The number of amides is 3. The van der Waals surface area contributed by atoms with Crippen LogP contribution in [0.3, 0.4) is 0 Å². The zero-order chi connectivity index (χ0) is 16.8. The van der Waals surface area contributed by atoms with Crippen molar-refractivity contribution in [2.75, 3.05) is 11.9 Å². The third-order valence-electron chi connectivity index (χ3n) is 3.26. The normalized spacial score (nSPS) is 10.3. The number of unbranched alkanes of at least 4 members (excludes halogenated alkanes) is 1. The summed E-state index contributed by atoms with van der Waals surface area (Å²) in [6, 6.07) is 8.20. The van der Waals surface area contributed by atoms with Crippen LogP contribution in [0.2, 0.25) is 0 Å². The molecule has 7 nitrogen and oxygen atoms in total. The maximum atomic E-state index is 11.5. The van der Waals surface area contributed by atoms with E-state index in [2.05, 4.69) is 17.2 Å². The van der Waals surface area contributed by atoms with Gasteiger partial charge >= 0.3 is 6.03 Å². The number of benzene rings is 1. The number of aromatic nitrogens is 1. The summed E-state index contributed by atoms with van der Waals surface area (Å²) in [6.07, 6.45) is 1.98. The molecule has 0 bridgehead atoms. The molecule has 0 fully saturated rings. The van der Waals surface area contributed by atoms with E-state index in [0.717, 1.165) is 18.4 Å². The first-order chi connectivity index (χ1) is 11.0. The Hall–Kier alpha value is -2.96. The fourth-order valence-corrected chi connectivity index (χ4v) is 2.16. The Morgan fingerprint density at radius 3 is 2.65 bits per heavy atom. The van der Waals surface area contributed by atoms with Crippen LogP contribution < -0.4 is 21.5 Å². The number of rotatable bonds is 7. The van der Waals surface area contributed by atoms with Crippen LogP contribution in [0.4, 0.5) is 10.6 Å². The van der Waals surface area contributed by atoms with Crippen molar-refractivity contribution in [3.63, 3.8) is 0 Å². The molecule has 0 atom stereocenters. The number of carbonyl (C=O) groups excluding carboxylic acids is 2. The lowest BCUT2D eigenvalue weighted by Gasteiger charge is -2.10. The van der Waals surface area contributed by atoms with Gasteiger partial charge in [-0.1, -0.05) is 25.5 Å². The number of ether oxygens (including phenoxy) is 1. The molecule has 1 aromatic carbocycles. The molecule has 7 heteroatoms. The first-order valence-electron chi connectivity index (χ1n) is 7.34. The van der Waals surface area contributed by atoms with Crippen molar-refractivity contribution in [2.24, 2.45) is 11.5 Å². The third-order valence-corrected chi connectivity index (χ3v) is 3.26. The van der Waals surface area contributed by atoms with Gasteiger partial charge in [0.25, 0.3) is 5.91 Å². The summed E-state index contributed by atoms with van der Waals surface area (Å²) in [5.41, 5.74) is 12.0. The number of nitrogens with one attached hydrogen (secondary N) is 2. The van der Waals surface area contributed by atoms with Gasteiger partial charge in [0, 0.05) is 5.56 Å². The van der Waals surface area contributed by atoms with E-state index in [9.17, 15) is 9.59 Å².